The summed E-state index contributed by atoms with van der Waals surface area (Å²) in [4.78, 5) is 31.1. The van der Waals surface area contributed by atoms with Gasteiger partial charge < -0.3 is 5.32 Å². The van der Waals surface area contributed by atoms with E-state index in [0.29, 0.717) is 6.42 Å². The predicted molar refractivity (Wildman–Crippen MR) is 104 cm³/mol. The van der Waals surface area contributed by atoms with Crippen LogP contribution in [0, 0.1) is 5.82 Å². The van der Waals surface area contributed by atoms with E-state index in [2.05, 4.69) is 20.6 Å². The minimum absolute atomic E-state index is 0.0392. The lowest BCUT2D eigenvalue weighted by molar-refractivity contribution is -0.114. The molecule has 0 spiro atoms. The van der Waals surface area contributed by atoms with Crippen molar-refractivity contribution in [2.45, 2.75) is 20.3 Å². The zero-order valence-corrected chi connectivity index (χ0v) is 16.5. The van der Waals surface area contributed by atoms with E-state index in [1.165, 1.54) is 31.5 Å². The lowest BCUT2D eigenvalue weighted by Gasteiger charge is -2.21. The Balaban J connectivity index is 2.31. The fourth-order valence-electron chi connectivity index (χ4n) is 2.24. The number of anilines is 3. The standard InChI is InChI=1S/C16H17ClFN5O4S/c1-3-6-23(28(26)27)12-5-4-11(17)13(14(12)18)15(25)22-10-7-19-16(20-8-10)21-9(2)24/h4-5,7-8H,3,6H2,1-2H3,(H,22,25)(H,26,27)(H,19,20,21,24). The van der Waals surface area contributed by atoms with Crippen LogP contribution in [0.15, 0.2) is 24.5 Å². The van der Waals surface area contributed by atoms with Crippen LogP contribution in [-0.4, -0.2) is 37.1 Å². The third-order valence-electron chi connectivity index (χ3n) is 3.38. The topological polar surface area (TPSA) is 125 Å². The monoisotopic (exact) mass is 429 g/mol. The number of nitrogens with one attached hydrogen (secondary N) is 2. The minimum Gasteiger partial charge on any atom is -0.319 e. The molecule has 0 bridgehead atoms. The van der Waals surface area contributed by atoms with Gasteiger partial charge in [0.05, 0.1) is 34.4 Å². The molecule has 1 aromatic carbocycles. The first-order valence-electron chi connectivity index (χ1n) is 8.02. The van der Waals surface area contributed by atoms with Crippen molar-refractivity contribution >= 4 is 52.0 Å². The van der Waals surface area contributed by atoms with Gasteiger partial charge in [0.25, 0.3) is 17.2 Å². The number of halogens is 2. The number of amides is 2. The van der Waals surface area contributed by atoms with E-state index in [1.54, 1.807) is 6.92 Å². The highest BCUT2D eigenvalue weighted by atomic mass is 35.5. The number of hydrogen-bond donors (Lipinski definition) is 3. The van der Waals surface area contributed by atoms with Crippen molar-refractivity contribution in [2.24, 2.45) is 0 Å². The average molecular weight is 430 g/mol. The number of rotatable bonds is 7. The molecule has 0 saturated heterocycles. The molecule has 150 valence electrons. The van der Waals surface area contributed by atoms with Crippen LogP contribution >= 0.6 is 11.6 Å². The van der Waals surface area contributed by atoms with Crippen LogP contribution < -0.4 is 14.9 Å². The van der Waals surface area contributed by atoms with Gasteiger partial charge in [-0.15, -0.1) is 0 Å². The zero-order chi connectivity index (χ0) is 20.8. The van der Waals surface area contributed by atoms with Gasteiger partial charge in [0.1, 0.15) is 0 Å². The third kappa shape index (κ3) is 5.21. The normalized spacial score (nSPS) is 11.6. The molecule has 3 N–H and O–H groups in total. The molecule has 0 fully saturated rings. The van der Waals surface area contributed by atoms with Crippen molar-refractivity contribution in [1.29, 1.82) is 0 Å². The van der Waals surface area contributed by atoms with Crippen LogP contribution in [0.25, 0.3) is 0 Å². The molecule has 0 saturated carbocycles. The highest BCUT2D eigenvalue weighted by molar-refractivity contribution is 7.80. The van der Waals surface area contributed by atoms with Crippen molar-refractivity contribution in [3.05, 3.63) is 40.9 Å². The summed E-state index contributed by atoms with van der Waals surface area (Å²) < 4.78 is 36.7. The van der Waals surface area contributed by atoms with E-state index in [4.69, 9.17) is 11.6 Å². The van der Waals surface area contributed by atoms with E-state index in [9.17, 15) is 22.7 Å². The Bertz CT molecular complexity index is 913. The molecule has 1 atom stereocenters. The summed E-state index contributed by atoms with van der Waals surface area (Å²) in [5.74, 6) is -2.24. The quantitative estimate of drug-likeness (QED) is 0.581. The highest BCUT2D eigenvalue weighted by Gasteiger charge is 2.24. The summed E-state index contributed by atoms with van der Waals surface area (Å²) in [6.07, 6.45) is 2.92. The summed E-state index contributed by atoms with van der Waals surface area (Å²) in [7, 11) is 0. The first-order chi connectivity index (χ1) is 13.2. The Kier molecular flexibility index (Phi) is 7.38. The van der Waals surface area contributed by atoms with Gasteiger partial charge in [0.15, 0.2) is 5.82 Å². The molecule has 2 aromatic rings. The van der Waals surface area contributed by atoms with Gasteiger partial charge in [-0.1, -0.05) is 18.5 Å². The molecule has 9 nitrogen and oxygen atoms in total. The molecule has 2 rings (SSSR count). The van der Waals surface area contributed by atoms with Crippen molar-refractivity contribution in [2.75, 3.05) is 21.5 Å². The molecular formula is C16H17ClFN5O4S. The van der Waals surface area contributed by atoms with E-state index in [-0.39, 0.29) is 34.8 Å². The molecule has 12 heteroatoms. The van der Waals surface area contributed by atoms with Crippen LogP contribution in [0.5, 0.6) is 0 Å². The van der Waals surface area contributed by atoms with Gasteiger partial charge in [0.2, 0.25) is 11.9 Å². The second-order valence-electron chi connectivity index (χ2n) is 5.52. The number of carbonyl (C=O) groups is 2. The van der Waals surface area contributed by atoms with Crippen LogP contribution in [0.3, 0.4) is 0 Å². The summed E-state index contributed by atoms with van der Waals surface area (Å²) in [5, 5.41) is 4.58. The van der Waals surface area contributed by atoms with Gasteiger partial charge in [-0.05, 0) is 18.6 Å². The Morgan fingerprint density at radius 1 is 1.29 bits per heavy atom. The molecule has 0 aliphatic carbocycles. The molecule has 1 unspecified atom stereocenters. The Hall–Kier alpha value is -2.63. The molecule has 0 aliphatic rings. The minimum atomic E-state index is -2.47. The first kappa shape index (κ1) is 21.7. The van der Waals surface area contributed by atoms with Gasteiger partial charge in [-0.3, -0.25) is 23.8 Å². The molecule has 0 aliphatic heterocycles. The van der Waals surface area contributed by atoms with E-state index >= 15 is 0 Å². The van der Waals surface area contributed by atoms with Gasteiger partial charge in [-0.2, -0.15) is 0 Å². The van der Waals surface area contributed by atoms with Crippen LogP contribution in [0.1, 0.15) is 30.6 Å². The molecule has 1 aromatic heterocycles. The Morgan fingerprint density at radius 3 is 2.46 bits per heavy atom. The van der Waals surface area contributed by atoms with Gasteiger partial charge in [0, 0.05) is 13.5 Å². The molecule has 28 heavy (non-hydrogen) atoms. The lowest BCUT2D eigenvalue weighted by Crippen LogP contribution is -2.28. The Morgan fingerprint density at radius 2 is 1.93 bits per heavy atom. The molecule has 1 heterocycles. The maximum Gasteiger partial charge on any atom is 0.261 e. The van der Waals surface area contributed by atoms with E-state index in [1.807, 2.05) is 0 Å². The highest BCUT2D eigenvalue weighted by Crippen LogP contribution is 2.29. The fourth-order valence-corrected chi connectivity index (χ4v) is 3.12. The zero-order valence-electron chi connectivity index (χ0n) is 14.9. The second-order valence-corrected chi connectivity index (χ2v) is 6.83. The number of carbonyl (C=O) groups excluding carboxylic acids is 2. The lowest BCUT2D eigenvalue weighted by atomic mass is 10.1. The number of hydrogen-bond acceptors (Lipinski definition) is 5. The fraction of sp³-hybridized carbons (Fsp3) is 0.250. The smallest absolute Gasteiger partial charge is 0.261 e. The van der Waals surface area contributed by atoms with E-state index in [0.717, 1.165) is 4.31 Å². The van der Waals surface area contributed by atoms with Crippen molar-refractivity contribution in [3.8, 4) is 0 Å². The summed E-state index contributed by atoms with van der Waals surface area (Å²) in [6, 6.07) is 2.49. The summed E-state index contributed by atoms with van der Waals surface area (Å²) in [5.41, 5.74) is -0.581. The van der Waals surface area contributed by atoms with E-state index < -0.39 is 28.6 Å². The third-order valence-corrected chi connectivity index (χ3v) is 4.45. The SMILES string of the molecule is CCCN(c1ccc(Cl)c(C(=O)Nc2cnc(NC(C)=O)nc2)c1F)S(=O)O. The summed E-state index contributed by atoms with van der Waals surface area (Å²) in [6.45, 7) is 3.14. The van der Waals surface area contributed by atoms with Gasteiger partial charge >= 0.3 is 0 Å². The molecular weight excluding hydrogens is 413 g/mol. The van der Waals surface area contributed by atoms with Crippen molar-refractivity contribution < 1.29 is 22.7 Å². The largest absolute Gasteiger partial charge is 0.319 e. The number of benzene rings is 1. The van der Waals surface area contributed by atoms with Crippen LogP contribution in [0.2, 0.25) is 5.02 Å². The maximum atomic E-state index is 14.9. The average Bonchev–Trinajstić information content (AvgIpc) is 2.61. The number of aromatic nitrogens is 2. The Labute approximate surface area is 167 Å². The first-order valence-corrected chi connectivity index (χ1v) is 9.46. The number of nitrogens with zero attached hydrogens (tertiary/aromatic N) is 3. The van der Waals surface area contributed by atoms with Crippen LogP contribution in [0.4, 0.5) is 21.7 Å². The maximum absolute atomic E-state index is 14.9. The van der Waals surface area contributed by atoms with Crippen LogP contribution in [-0.2, 0) is 16.1 Å². The molecule has 2 amide bonds. The second kappa shape index (κ2) is 9.53. The predicted octanol–water partition coefficient (Wildman–Crippen LogP) is 2.83. The summed E-state index contributed by atoms with van der Waals surface area (Å²) >= 11 is 3.50. The van der Waals surface area contributed by atoms with Crippen molar-refractivity contribution in [3.63, 3.8) is 0 Å². The molecule has 0 radical (unpaired) electrons. The van der Waals surface area contributed by atoms with Gasteiger partial charge in [-0.25, -0.2) is 18.6 Å². The van der Waals surface area contributed by atoms with Crippen molar-refractivity contribution in [1.82, 2.24) is 9.97 Å².